The minimum atomic E-state index is -0.519. The second-order valence-corrected chi connectivity index (χ2v) is 4.70. The van der Waals surface area contributed by atoms with E-state index in [1.54, 1.807) is 0 Å². The molecule has 0 saturated carbocycles. The zero-order valence-corrected chi connectivity index (χ0v) is 11.8. The molecule has 5 heteroatoms. The lowest BCUT2D eigenvalue weighted by molar-refractivity contribution is -0.385. The van der Waals surface area contributed by atoms with E-state index in [1.807, 2.05) is 24.3 Å². The van der Waals surface area contributed by atoms with Gasteiger partial charge in [0, 0.05) is 6.07 Å². The number of hydrogen-bond donors (Lipinski definition) is 1. The van der Waals surface area contributed by atoms with Crippen molar-refractivity contribution in [3.05, 3.63) is 63.7 Å². The number of rotatable bonds is 6. The molecule has 0 radical (unpaired) electrons. The molecule has 0 aliphatic rings. The van der Waals surface area contributed by atoms with Gasteiger partial charge >= 0.3 is 0 Å². The molecule has 0 fully saturated rings. The molecule has 0 aromatic heterocycles. The SMILES string of the molecule is CCCc1ccc(Oc2ccc([N+](=O)[O-])c(CO)c2)cc1. The van der Waals surface area contributed by atoms with Crippen LogP contribution in [0.3, 0.4) is 0 Å². The van der Waals surface area contributed by atoms with Crippen LogP contribution in [0, 0.1) is 10.1 Å². The molecule has 0 aliphatic heterocycles. The number of aryl methyl sites for hydroxylation is 1. The van der Waals surface area contributed by atoms with Gasteiger partial charge in [-0.2, -0.15) is 0 Å². The Bertz CT molecular complexity index is 623. The van der Waals surface area contributed by atoms with Crippen molar-refractivity contribution < 1.29 is 14.8 Å². The molecule has 21 heavy (non-hydrogen) atoms. The fourth-order valence-corrected chi connectivity index (χ4v) is 2.08. The third-order valence-corrected chi connectivity index (χ3v) is 3.12. The number of hydrogen-bond acceptors (Lipinski definition) is 4. The first-order valence-electron chi connectivity index (χ1n) is 6.79. The predicted octanol–water partition coefficient (Wildman–Crippen LogP) is 3.83. The third-order valence-electron chi connectivity index (χ3n) is 3.12. The molecule has 1 N–H and O–H groups in total. The summed E-state index contributed by atoms with van der Waals surface area (Å²) in [5.41, 5.74) is 1.37. The summed E-state index contributed by atoms with van der Waals surface area (Å²) in [6.45, 7) is 1.72. The van der Waals surface area contributed by atoms with Gasteiger partial charge in [0.25, 0.3) is 5.69 Å². The van der Waals surface area contributed by atoms with E-state index in [1.165, 1.54) is 23.8 Å². The lowest BCUT2D eigenvalue weighted by Gasteiger charge is -2.08. The van der Waals surface area contributed by atoms with Gasteiger partial charge in [-0.15, -0.1) is 0 Å². The first-order chi connectivity index (χ1) is 10.1. The monoisotopic (exact) mass is 287 g/mol. The van der Waals surface area contributed by atoms with E-state index < -0.39 is 11.5 Å². The Hall–Kier alpha value is -2.40. The maximum Gasteiger partial charge on any atom is 0.275 e. The molecule has 0 unspecified atom stereocenters. The Kier molecular flexibility index (Phi) is 4.90. The molecule has 2 aromatic carbocycles. The van der Waals surface area contributed by atoms with E-state index in [-0.39, 0.29) is 11.3 Å². The van der Waals surface area contributed by atoms with Crippen molar-refractivity contribution in [2.24, 2.45) is 0 Å². The van der Waals surface area contributed by atoms with Crippen LogP contribution in [0.1, 0.15) is 24.5 Å². The van der Waals surface area contributed by atoms with Crippen LogP contribution in [0.25, 0.3) is 0 Å². The highest BCUT2D eigenvalue weighted by Crippen LogP contribution is 2.28. The summed E-state index contributed by atoms with van der Waals surface area (Å²) in [5, 5.41) is 20.0. The average molecular weight is 287 g/mol. The summed E-state index contributed by atoms with van der Waals surface area (Å²) in [6.07, 6.45) is 2.11. The van der Waals surface area contributed by atoms with Crippen LogP contribution in [0.15, 0.2) is 42.5 Å². The van der Waals surface area contributed by atoms with Gasteiger partial charge in [-0.3, -0.25) is 10.1 Å². The Morgan fingerprint density at radius 1 is 1.14 bits per heavy atom. The normalized spacial score (nSPS) is 10.4. The molecular formula is C16H17NO4. The molecular weight excluding hydrogens is 270 g/mol. The van der Waals surface area contributed by atoms with Crippen molar-refractivity contribution in [2.45, 2.75) is 26.4 Å². The van der Waals surface area contributed by atoms with Crippen LogP contribution in [0.5, 0.6) is 11.5 Å². The van der Waals surface area contributed by atoms with E-state index in [0.717, 1.165) is 12.8 Å². The summed E-state index contributed by atoms with van der Waals surface area (Å²) < 4.78 is 5.66. The largest absolute Gasteiger partial charge is 0.457 e. The van der Waals surface area contributed by atoms with Crippen LogP contribution < -0.4 is 4.74 Å². The minimum absolute atomic E-state index is 0.108. The maximum atomic E-state index is 10.8. The number of nitro benzene ring substituents is 1. The quantitative estimate of drug-likeness (QED) is 0.647. The number of aliphatic hydroxyl groups is 1. The molecule has 0 saturated heterocycles. The van der Waals surface area contributed by atoms with Crippen LogP contribution in [0.2, 0.25) is 0 Å². The number of nitro groups is 1. The zero-order chi connectivity index (χ0) is 15.2. The van der Waals surface area contributed by atoms with E-state index >= 15 is 0 Å². The van der Waals surface area contributed by atoms with E-state index in [0.29, 0.717) is 11.5 Å². The van der Waals surface area contributed by atoms with Crippen molar-refractivity contribution in [3.63, 3.8) is 0 Å². The van der Waals surface area contributed by atoms with Gasteiger partial charge in [-0.1, -0.05) is 25.5 Å². The molecule has 0 aliphatic carbocycles. The zero-order valence-electron chi connectivity index (χ0n) is 11.8. The number of ether oxygens (including phenoxy) is 1. The molecule has 5 nitrogen and oxygen atoms in total. The Labute approximate surface area is 123 Å². The molecule has 2 aromatic rings. The van der Waals surface area contributed by atoms with Crippen molar-refractivity contribution in [2.75, 3.05) is 0 Å². The van der Waals surface area contributed by atoms with Crippen molar-refractivity contribution in [1.82, 2.24) is 0 Å². The number of aliphatic hydroxyl groups excluding tert-OH is 1. The van der Waals surface area contributed by atoms with Crippen LogP contribution in [0.4, 0.5) is 5.69 Å². The molecule has 0 amide bonds. The van der Waals surface area contributed by atoms with Crippen LogP contribution in [-0.4, -0.2) is 10.0 Å². The summed E-state index contributed by atoms with van der Waals surface area (Å²) >= 11 is 0. The standard InChI is InChI=1S/C16H17NO4/c1-2-3-12-4-6-14(7-5-12)21-15-8-9-16(17(19)20)13(10-15)11-18/h4-10,18H,2-3,11H2,1H3. The van der Waals surface area contributed by atoms with Gasteiger partial charge in [-0.25, -0.2) is 0 Å². The van der Waals surface area contributed by atoms with Gasteiger partial charge in [0.05, 0.1) is 17.1 Å². The summed E-state index contributed by atoms with van der Waals surface area (Å²) in [5.74, 6) is 1.13. The smallest absolute Gasteiger partial charge is 0.275 e. The Morgan fingerprint density at radius 2 is 1.81 bits per heavy atom. The minimum Gasteiger partial charge on any atom is -0.457 e. The average Bonchev–Trinajstić information content (AvgIpc) is 2.49. The molecule has 2 rings (SSSR count). The first-order valence-corrected chi connectivity index (χ1v) is 6.79. The first kappa shape index (κ1) is 15.0. The second-order valence-electron chi connectivity index (χ2n) is 4.70. The second kappa shape index (κ2) is 6.85. The van der Waals surface area contributed by atoms with E-state index in [9.17, 15) is 15.2 Å². The Morgan fingerprint density at radius 3 is 2.38 bits per heavy atom. The Balaban J connectivity index is 2.17. The van der Waals surface area contributed by atoms with Gasteiger partial charge in [0.1, 0.15) is 11.5 Å². The summed E-state index contributed by atoms with van der Waals surface area (Å²) in [4.78, 5) is 10.3. The summed E-state index contributed by atoms with van der Waals surface area (Å²) in [6, 6.07) is 12.1. The van der Waals surface area contributed by atoms with Gasteiger partial charge in [-0.05, 0) is 36.2 Å². The molecule has 110 valence electrons. The predicted molar refractivity (Wildman–Crippen MR) is 79.5 cm³/mol. The molecule has 0 atom stereocenters. The third kappa shape index (κ3) is 3.79. The van der Waals surface area contributed by atoms with Crippen LogP contribution in [-0.2, 0) is 13.0 Å². The lowest BCUT2D eigenvalue weighted by atomic mass is 10.1. The lowest BCUT2D eigenvalue weighted by Crippen LogP contribution is -1.96. The van der Waals surface area contributed by atoms with Crippen molar-refractivity contribution in [3.8, 4) is 11.5 Å². The maximum absolute atomic E-state index is 10.8. The van der Waals surface area contributed by atoms with Crippen molar-refractivity contribution >= 4 is 5.69 Å². The van der Waals surface area contributed by atoms with Crippen LogP contribution >= 0.6 is 0 Å². The van der Waals surface area contributed by atoms with E-state index in [4.69, 9.17) is 4.74 Å². The highest BCUT2D eigenvalue weighted by molar-refractivity contribution is 5.46. The van der Waals surface area contributed by atoms with Gasteiger partial charge in [0.15, 0.2) is 0 Å². The highest BCUT2D eigenvalue weighted by atomic mass is 16.6. The van der Waals surface area contributed by atoms with Gasteiger partial charge < -0.3 is 9.84 Å². The fourth-order valence-electron chi connectivity index (χ4n) is 2.08. The number of benzene rings is 2. The van der Waals surface area contributed by atoms with Crippen molar-refractivity contribution in [1.29, 1.82) is 0 Å². The fraction of sp³-hybridized carbons (Fsp3) is 0.250. The number of nitrogens with zero attached hydrogens (tertiary/aromatic N) is 1. The highest BCUT2D eigenvalue weighted by Gasteiger charge is 2.13. The molecule has 0 spiro atoms. The molecule has 0 bridgehead atoms. The topological polar surface area (TPSA) is 72.6 Å². The van der Waals surface area contributed by atoms with Gasteiger partial charge in [0.2, 0.25) is 0 Å². The molecule has 0 heterocycles. The van der Waals surface area contributed by atoms with E-state index in [2.05, 4.69) is 6.92 Å². The summed E-state index contributed by atoms with van der Waals surface area (Å²) in [7, 11) is 0.